The van der Waals surface area contributed by atoms with Gasteiger partial charge in [-0.25, -0.2) is 0 Å². The molecule has 0 bridgehead atoms. The van der Waals surface area contributed by atoms with E-state index in [0.717, 1.165) is 18.2 Å². The normalized spacial score (nSPS) is 19.5. The molecular formula is C10H12ClNO. The van der Waals surface area contributed by atoms with E-state index >= 15 is 0 Å². The van der Waals surface area contributed by atoms with Crippen molar-refractivity contribution >= 4 is 11.6 Å². The Kier molecular flexibility index (Phi) is 2.28. The van der Waals surface area contributed by atoms with E-state index in [1.165, 1.54) is 5.56 Å². The first kappa shape index (κ1) is 9.00. The van der Waals surface area contributed by atoms with Gasteiger partial charge in [0, 0.05) is 5.02 Å². The van der Waals surface area contributed by atoms with E-state index in [-0.39, 0.29) is 5.54 Å². The minimum Gasteiger partial charge on any atom is -0.377 e. The Labute approximate surface area is 82.9 Å². The van der Waals surface area contributed by atoms with Crippen LogP contribution in [-0.2, 0) is 10.3 Å². The fraction of sp³-hybridized carbons (Fsp3) is 0.400. The maximum absolute atomic E-state index is 5.92. The highest BCUT2D eigenvalue weighted by molar-refractivity contribution is 6.30. The molecule has 13 heavy (non-hydrogen) atoms. The number of benzene rings is 1. The van der Waals surface area contributed by atoms with Gasteiger partial charge in [-0.3, -0.25) is 0 Å². The van der Waals surface area contributed by atoms with E-state index in [9.17, 15) is 0 Å². The molecule has 3 heteroatoms. The summed E-state index contributed by atoms with van der Waals surface area (Å²) in [6.07, 6.45) is 0. The molecule has 0 radical (unpaired) electrons. The molecule has 0 saturated carbocycles. The van der Waals surface area contributed by atoms with Gasteiger partial charge < -0.3 is 10.1 Å². The summed E-state index contributed by atoms with van der Waals surface area (Å²) in [5.41, 5.74) is 1.19. The Morgan fingerprint density at radius 1 is 1.46 bits per heavy atom. The van der Waals surface area contributed by atoms with Crippen LogP contribution in [0.2, 0.25) is 5.02 Å². The first-order valence-electron chi connectivity index (χ1n) is 4.29. The lowest BCUT2D eigenvalue weighted by atomic mass is 9.88. The average Bonchev–Trinajstić information content (AvgIpc) is 2.03. The van der Waals surface area contributed by atoms with Crippen molar-refractivity contribution in [2.24, 2.45) is 0 Å². The van der Waals surface area contributed by atoms with E-state index in [1.54, 1.807) is 0 Å². The van der Waals surface area contributed by atoms with Crippen LogP contribution in [0, 0.1) is 0 Å². The molecular weight excluding hydrogens is 186 g/mol. The Bertz CT molecular complexity index is 304. The molecule has 70 valence electrons. The highest BCUT2D eigenvalue weighted by atomic mass is 35.5. The molecule has 1 aromatic rings. The first-order chi connectivity index (χ1) is 6.27. The number of ether oxygens (including phenoxy) is 1. The van der Waals surface area contributed by atoms with Gasteiger partial charge in [-0.2, -0.15) is 0 Å². The number of nitrogens with one attached hydrogen (secondary N) is 1. The third kappa shape index (κ3) is 1.46. The van der Waals surface area contributed by atoms with Crippen molar-refractivity contribution in [1.82, 2.24) is 5.32 Å². The molecule has 0 unspecified atom stereocenters. The van der Waals surface area contributed by atoms with Crippen LogP contribution in [0.4, 0.5) is 0 Å². The fourth-order valence-electron chi connectivity index (χ4n) is 1.55. The van der Waals surface area contributed by atoms with Gasteiger partial charge in [0.2, 0.25) is 0 Å². The van der Waals surface area contributed by atoms with Crippen molar-refractivity contribution in [2.75, 3.05) is 20.3 Å². The number of rotatable bonds is 2. The highest BCUT2D eigenvalue weighted by Crippen LogP contribution is 2.30. The number of hydrogen-bond acceptors (Lipinski definition) is 2. The van der Waals surface area contributed by atoms with Crippen LogP contribution in [0.5, 0.6) is 0 Å². The van der Waals surface area contributed by atoms with Gasteiger partial charge in [0.1, 0.15) is 0 Å². The van der Waals surface area contributed by atoms with Crippen LogP contribution in [0.25, 0.3) is 0 Å². The maximum atomic E-state index is 5.92. The summed E-state index contributed by atoms with van der Waals surface area (Å²) in [4.78, 5) is 0. The van der Waals surface area contributed by atoms with E-state index in [4.69, 9.17) is 16.3 Å². The predicted octanol–water partition coefficient (Wildman–Crippen LogP) is 1.78. The molecule has 2 nitrogen and oxygen atoms in total. The quantitative estimate of drug-likeness (QED) is 0.781. The Hall–Kier alpha value is -0.570. The molecule has 0 aromatic heterocycles. The van der Waals surface area contributed by atoms with E-state index < -0.39 is 0 Å². The highest BCUT2D eigenvalue weighted by Gasteiger charge is 2.38. The summed E-state index contributed by atoms with van der Waals surface area (Å²) in [5, 5.41) is 4.05. The monoisotopic (exact) mass is 197 g/mol. The summed E-state index contributed by atoms with van der Waals surface area (Å²) in [6, 6.07) is 7.91. The largest absolute Gasteiger partial charge is 0.377 e. The Morgan fingerprint density at radius 2 is 2.23 bits per heavy atom. The molecule has 0 atom stereocenters. The van der Waals surface area contributed by atoms with E-state index in [2.05, 4.69) is 11.4 Å². The minimum atomic E-state index is -0.00903. The molecule has 2 rings (SSSR count). The van der Waals surface area contributed by atoms with Crippen molar-refractivity contribution in [3.8, 4) is 0 Å². The zero-order valence-corrected chi connectivity index (χ0v) is 8.27. The van der Waals surface area contributed by atoms with Crippen molar-refractivity contribution in [3.63, 3.8) is 0 Å². The second-order valence-corrected chi connectivity index (χ2v) is 3.77. The number of likely N-dealkylation sites (N-methyl/N-ethyl adjacent to an activating group) is 1. The molecule has 1 aromatic carbocycles. The summed E-state index contributed by atoms with van der Waals surface area (Å²) < 4.78 is 5.22. The molecule has 1 aliphatic rings. The van der Waals surface area contributed by atoms with Gasteiger partial charge in [-0.15, -0.1) is 0 Å². The van der Waals surface area contributed by atoms with Gasteiger partial charge in [0.05, 0.1) is 18.8 Å². The predicted molar refractivity (Wildman–Crippen MR) is 53.0 cm³/mol. The van der Waals surface area contributed by atoms with Crippen LogP contribution in [0.1, 0.15) is 5.56 Å². The summed E-state index contributed by atoms with van der Waals surface area (Å²) in [6.45, 7) is 1.45. The third-order valence-electron chi connectivity index (χ3n) is 2.55. The lowest BCUT2D eigenvalue weighted by Crippen LogP contribution is -2.56. The average molecular weight is 198 g/mol. The SMILES string of the molecule is CNC1(c2cccc(Cl)c2)COC1. The summed E-state index contributed by atoms with van der Waals surface area (Å²) in [5.74, 6) is 0. The second kappa shape index (κ2) is 3.29. The Balaban J connectivity index is 2.33. The van der Waals surface area contributed by atoms with Gasteiger partial charge in [-0.05, 0) is 24.7 Å². The van der Waals surface area contributed by atoms with Crippen molar-refractivity contribution in [1.29, 1.82) is 0 Å². The smallest absolute Gasteiger partial charge is 0.0906 e. The molecule has 0 amide bonds. The zero-order chi connectivity index (χ0) is 9.31. The van der Waals surface area contributed by atoms with Crippen molar-refractivity contribution in [3.05, 3.63) is 34.9 Å². The van der Waals surface area contributed by atoms with Gasteiger partial charge >= 0.3 is 0 Å². The second-order valence-electron chi connectivity index (χ2n) is 3.34. The molecule has 1 N–H and O–H groups in total. The molecule has 0 aliphatic carbocycles. The van der Waals surface area contributed by atoms with E-state index in [0.29, 0.717) is 0 Å². The van der Waals surface area contributed by atoms with Gasteiger partial charge in [-0.1, -0.05) is 23.7 Å². The van der Waals surface area contributed by atoms with Crippen LogP contribution >= 0.6 is 11.6 Å². The minimum absolute atomic E-state index is 0.00903. The lowest BCUT2D eigenvalue weighted by molar-refractivity contribution is -0.0747. The summed E-state index contributed by atoms with van der Waals surface area (Å²) >= 11 is 5.92. The Morgan fingerprint density at radius 3 is 2.69 bits per heavy atom. The summed E-state index contributed by atoms with van der Waals surface area (Å²) in [7, 11) is 1.95. The van der Waals surface area contributed by atoms with Crippen LogP contribution in [-0.4, -0.2) is 20.3 Å². The molecule has 1 aliphatic heterocycles. The van der Waals surface area contributed by atoms with Crippen LogP contribution < -0.4 is 5.32 Å². The molecule has 1 heterocycles. The van der Waals surface area contributed by atoms with Crippen molar-refractivity contribution in [2.45, 2.75) is 5.54 Å². The lowest BCUT2D eigenvalue weighted by Gasteiger charge is -2.41. The molecule has 0 spiro atoms. The fourth-order valence-corrected chi connectivity index (χ4v) is 1.74. The first-order valence-corrected chi connectivity index (χ1v) is 4.67. The topological polar surface area (TPSA) is 21.3 Å². The number of halogens is 1. The third-order valence-corrected chi connectivity index (χ3v) is 2.79. The van der Waals surface area contributed by atoms with Crippen molar-refractivity contribution < 1.29 is 4.74 Å². The van der Waals surface area contributed by atoms with Crippen LogP contribution in [0.3, 0.4) is 0 Å². The molecule has 1 saturated heterocycles. The maximum Gasteiger partial charge on any atom is 0.0906 e. The van der Waals surface area contributed by atoms with Gasteiger partial charge in [0.15, 0.2) is 0 Å². The van der Waals surface area contributed by atoms with Crippen LogP contribution in [0.15, 0.2) is 24.3 Å². The standard InChI is InChI=1S/C10H12ClNO/c1-12-10(6-13-7-10)8-3-2-4-9(11)5-8/h2-5,12H,6-7H2,1H3. The molecule has 1 fully saturated rings. The van der Waals surface area contributed by atoms with Gasteiger partial charge in [0.25, 0.3) is 0 Å². The zero-order valence-electron chi connectivity index (χ0n) is 7.51. The van der Waals surface area contributed by atoms with E-state index in [1.807, 2.05) is 25.2 Å². The number of hydrogen-bond donors (Lipinski definition) is 1.